The molecule has 3 rings (SSSR count). The quantitative estimate of drug-likeness (QED) is 0.504. The van der Waals surface area contributed by atoms with Crippen LogP contribution < -0.4 is 10.6 Å². The first kappa shape index (κ1) is 24.7. The van der Waals surface area contributed by atoms with Gasteiger partial charge in [-0.1, -0.05) is 36.9 Å². The molecule has 32 heavy (non-hydrogen) atoms. The number of aromatic nitrogens is 1. The van der Waals surface area contributed by atoms with Gasteiger partial charge in [-0.15, -0.1) is 11.3 Å². The standard InChI is InChI=1S/C24H33ClN4O2S/c1-29(2)14-6-9-22(30)26-16-20(17-7-4-3-5-8-17)27-23(31)12-13-24-28-19-11-10-18(25)15-21(19)32-24/h6,9-11,15,17,20H,3-5,7-8,12-14,16H2,1-2H3,(H,26,30)(H,27,31)/b9-6+. The number of carbonyl (C=O) groups is 2. The SMILES string of the molecule is CN(C)C/C=C/C(=O)NCC(NC(=O)CCc1nc2ccc(Cl)cc2s1)C1CCCCC1. The Morgan fingerprint density at radius 3 is 2.81 bits per heavy atom. The van der Waals surface area contributed by atoms with Crippen molar-refractivity contribution in [3.05, 3.63) is 40.4 Å². The minimum absolute atomic E-state index is 0.00950. The Hall–Kier alpha value is -1.96. The maximum absolute atomic E-state index is 12.7. The minimum Gasteiger partial charge on any atom is -0.351 e. The number of likely N-dealkylation sites (N-methyl/N-ethyl adjacent to an activating group) is 1. The summed E-state index contributed by atoms with van der Waals surface area (Å²) >= 11 is 7.64. The Morgan fingerprint density at radius 2 is 2.06 bits per heavy atom. The summed E-state index contributed by atoms with van der Waals surface area (Å²) in [5.41, 5.74) is 0.917. The zero-order valence-corrected chi connectivity index (χ0v) is 20.5. The fourth-order valence-corrected chi connectivity index (χ4v) is 5.31. The number of benzene rings is 1. The van der Waals surface area contributed by atoms with Crippen LogP contribution in [0.2, 0.25) is 5.02 Å². The molecule has 2 aromatic rings. The second-order valence-corrected chi connectivity index (χ2v) is 10.3. The zero-order valence-electron chi connectivity index (χ0n) is 18.9. The highest BCUT2D eigenvalue weighted by molar-refractivity contribution is 7.18. The van der Waals surface area contributed by atoms with Gasteiger partial charge in [0.05, 0.1) is 15.2 Å². The Morgan fingerprint density at radius 1 is 1.28 bits per heavy atom. The summed E-state index contributed by atoms with van der Waals surface area (Å²) in [6.07, 6.45) is 10.2. The van der Waals surface area contributed by atoms with E-state index in [1.807, 2.05) is 43.3 Å². The van der Waals surface area contributed by atoms with Crippen molar-refractivity contribution in [2.45, 2.75) is 51.0 Å². The van der Waals surface area contributed by atoms with Crippen LogP contribution in [0.1, 0.15) is 43.5 Å². The molecule has 1 aromatic heterocycles. The number of nitrogens with zero attached hydrogens (tertiary/aromatic N) is 2. The maximum atomic E-state index is 12.7. The van der Waals surface area contributed by atoms with Crippen LogP contribution in [0.25, 0.3) is 10.2 Å². The molecule has 174 valence electrons. The molecule has 2 N–H and O–H groups in total. The third-order valence-electron chi connectivity index (χ3n) is 5.76. The Kier molecular flexibility index (Phi) is 9.51. The van der Waals surface area contributed by atoms with Crippen LogP contribution >= 0.6 is 22.9 Å². The summed E-state index contributed by atoms with van der Waals surface area (Å²) in [5.74, 6) is 0.300. The number of hydrogen-bond acceptors (Lipinski definition) is 5. The van der Waals surface area contributed by atoms with Gasteiger partial charge in [0, 0.05) is 43.1 Å². The number of rotatable bonds is 10. The lowest BCUT2D eigenvalue weighted by Crippen LogP contribution is -2.48. The summed E-state index contributed by atoms with van der Waals surface area (Å²) in [5, 5.41) is 7.80. The van der Waals surface area contributed by atoms with Crippen molar-refractivity contribution >= 4 is 45.0 Å². The number of aryl methyl sites for hydroxylation is 1. The molecule has 1 aliphatic carbocycles. The van der Waals surface area contributed by atoms with Gasteiger partial charge in [-0.05, 0) is 51.1 Å². The van der Waals surface area contributed by atoms with Crippen LogP contribution in [0.15, 0.2) is 30.4 Å². The van der Waals surface area contributed by atoms with Gasteiger partial charge in [-0.3, -0.25) is 9.59 Å². The number of nitrogens with one attached hydrogen (secondary N) is 2. The first-order valence-electron chi connectivity index (χ1n) is 11.3. The molecule has 1 aliphatic rings. The lowest BCUT2D eigenvalue weighted by Gasteiger charge is -2.31. The van der Waals surface area contributed by atoms with Crippen molar-refractivity contribution in [2.24, 2.45) is 5.92 Å². The fraction of sp³-hybridized carbons (Fsp3) is 0.542. The molecule has 8 heteroatoms. The van der Waals surface area contributed by atoms with Crippen molar-refractivity contribution in [3.63, 3.8) is 0 Å². The van der Waals surface area contributed by atoms with Gasteiger partial charge < -0.3 is 15.5 Å². The number of hydrogen-bond donors (Lipinski definition) is 2. The zero-order chi connectivity index (χ0) is 22.9. The molecule has 1 saturated carbocycles. The molecule has 0 aliphatic heterocycles. The molecule has 2 amide bonds. The third-order valence-corrected chi connectivity index (χ3v) is 7.07. The van der Waals surface area contributed by atoms with Crippen molar-refractivity contribution in [2.75, 3.05) is 27.2 Å². The van der Waals surface area contributed by atoms with Crippen LogP contribution in [0.3, 0.4) is 0 Å². The normalized spacial score (nSPS) is 16.0. The molecule has 1 atom stereocenters. The van der Waals surface area contributed by atoms with Crippen molar-refractivity contribution in [1.82, 2.24) is 20.5 Å². The Balaban J connectivity index is 1.53. The van der Waals surface area contributed by atoms with Gasteiger partial charge >= 0.3 is 0 Å². The van der Waals surface area contributed by atoms with Crippen LogP contribution in [0.4, 0.5) is 0 Å². The highest BCUT2D eigenvalue weighted by atomic mass is 35.5. The number of carbonyl (C=O) groups excluding carboxylic acids is 2. The highest BCUT2D eigenvalue weighted by Gasteiger charge is 2.25. The van der Waals surface area contributed by atoms with Crippen molar-refractivity contribution in [3.8, 4) is 0 Å². The molecule has 6 nitrogen and oxygen atoms in total. The largest absolute Gasteiger partial charge is 0.351 e. The monoisotopic (exact) mass is 476 g/mol. The summed E-state index contributed by atoms with van der Waals surface area (Å²) in [4.78, 5) is 31.5. The Bertz CT molecular complexity index is 937. The number of fused-ring (bicyclic) bond motifs is 1. The van der Waals surface area contributed by atoms with Gasteiger partial charge in [0.1, 0.15) is 0 Å². The van der Waals surface area contributed by atoms with E-state index in [-0.39, 0.29) is 17.9 Å². The highest BCUT2D eigenvalue weighted by Crippen LogP contribution is 2.27. The Labute approximate surface area is 199 Å². The predicted octanol–water partition coefficient (Wildman–Crippen LogP) is 4.18. The molecule has 0 radical (unpaired) electrons. The van der Waals surface area contributed by atoms with Crippen LogP contribution in [0.5, 0.6) is 0 Å². The second kappa shape index (κ2) is 12.3. The molecule has 0 bridgehead atoms. The van der Waals surface area contributed by atoms with Gasteiger partial charge in [0.15, 0.2) is 0 Å². The molecule has 1 aromatic carbocycles. The summed E-state index contributed by atoms with van der Waals surface area (Å²) < 4.78 is 1.04. The molecule has 0 spiro atoms. The average Bonchev–Trinajstić information content (AvgIpc) is 3.17. The molecular weight excluding hydrogens is 444 g/mol. The van der Waals surface area contributed by atoms with E-state index in [0.717, 1.165) is 28.1 Å². The van der Waals surface area contributed by atoms with Gasteiger partial charge in [-0.25, -0.2) is 4.98 Å². The van der Waals surface area contributed by atoms with E-state index in [2.05, 4.69) is 15.6 Å². The van der Waals surface area contributed by atoms with E-state index < -0.39 is 0 Å². The van der Waals surface area contributed by atoms with Gasteiger partial charge in [-0.2, -0.15) is 0 Å². The molecule has 1 fully saturated rings. The smallest absolute Gasteiger partial charge is 0.243 e. The first-order valence-corrected chi connectivity index (χ1v) is 12.5. The average molecular weight is 477 g/mol. The van der Waals surface area contributed by atoms with Crippen LogP contribution in [0, 0.1) is 5.92 Å². The minimum atomic E-state index is -0.116. The summed E-state index contributed by atoms with van der Waals surface area (Å²) in [6, 6.07) is 5.61. The summed E-state index contributed by atoms with van der Waals surface area (Å²) in [6.45, 7) is 1.18. The van der Waals surface area contributed by atoms with Crippen LogP contribution in [-0.2, 0) is 16.0 Å². The van der Waals surface area contributed by atoms with E-state index in [4.69, 9.17) is 11.6 Å². The van der Waals surface area contributed by atoms with Gasteiger partial charge in [0.25, 0.3) is 0 Å². The van der Waals surface area contributed by atoms with Crippen molar-refractivity contribution < 1.29 is 9.59 Å². The number of halogens is 1. The second-order valence-electron chi connectivity index (χ2n) is 8.70. The third kappa shape index (κ3) is 7.87. The summed E-state index contributed by atoms with van der Waals surface area (Å²) in [7, 11) is 3.92. The topological polar surface area (TPSA) is 74.3 Å². The maximum Gasteiger partial charge on any atom is 0.243 e. The predicted molar refractivity (Wildman–Crippen MR) is 132 cm³/mol. The van der Waals surface area contributed by atoms with E-state index in [1.165, 1.54) is 19.3 Å². The first-order chi connectivity index (χ1) is 15.4. The van der Waals surface area contributed by atoms with Gasteiger partial charge in [0.2, 0.25) is 11.8 Å². The van der Waals surface area contributed by atoms with E-state index in [1.54, 1.807) is 17.4 Å². The van der Waals surface area contributed by atoms with Crippen LogP contribution in [-0.4, -0.2) is 54.9 Å². The van der Waals surface area contributed by atoms with E-state index in [0.29, 0.717) is 36.9 Å². The van der Waals surface area contributed by atoms with E-state index in [9.17, 15) is 9.59 Å². The fourth-order valence-electron chi connectivity index (χ4n) is 4.06. The van der Waals surface area contributed by atoms with E-state index >= 15 is 0 Å². The molecule has 0 saturated heterocycles. The number of amides is 2. The molecular formula is C24H33ClN4O2S. The number of thiazole rings is 1. The molecule has 1 heterocycles. The lowest BCUT2D eigenvalue weighted by molar-refractivity contribution is -0.123. The van der Waals surface area contributed by atoms with Crippen molar-refractivity contribution in [1.29, 1.82) is 0 Å². The molecule has 1 unspecified atom stereocenters. The lowest BCUT2D eigenvalue weighted by atomic mass is 9.83.